The second-order valence-corrected chi connectivity index (χ2v) is 8.69. The number of carbonyl (C=O) groups is 2. The lowest BCUT2D eigenvalue weighted by atomic mass is 10.0. The van der Waals surface area contributed by atoms with Crippen LogP contribution in [0.4, 0.5) is 10.1 Å². The number of aromatic amines is 1. The number of aromatic hydroxyl groups is 1. The summed E-state index contributed by atoms with van der Waals surface area (Å²) in [5, 5.41) is 20.6. The molecule has 5 aromatic rings. The summed E-state index contributed by atoms with van der Waals surface area (Å²) in [6, 6.07) is 16.1. The number of aryl methyl sites for hydroxylation is 3. The van der Waals surface area contributed by atoms with E-state index in [0.29, 0.717) is 27.8 Å². The minimum atomic E-state index is -0.564. The van der Waals surface area contributed by atoms with Crippen LogP contribution in [0.5, 0.6) is 5.75 Å². The average molecular weight is 483 g/mol. The van der Waals surface area contributed by atoms with Crippen molar-refractivity contribution in [2.75, 3.05) is 5.32 Å². The maximum absolute atomic E-state index is 14.1. The smallest absolute Gasteiger partial charge is 0.273 e. The number of hydrogen-bond acceptors (Lipinski definition) is 5. The molecule has 0 aliphatic heterocycles. The molecule has 0 fully saturated rings. The van der Waals surface area contributed by atoms with Gasteiger partial charge in [0.25, 0.3) is 5.91 Å². The summed E-state index contributed by atoms with van der Waals surface area (Å²) in [4.78, 5) is 26.4. The molecule has 36 heavy (non-hydrogen) atoms. The third-order valence-corrected chi connectivity index (χ3v) is 6.01. The van der Waals surface area contributed by atoms with Crippen molar-refractivity contribution in [2.45, 2.75) is 20.8 Å². The number of ketones is 1. The standard InChI is InChI=1S/C28H22FN3O4/c1-14-10-16(3)24(22(33)11-14)20-13-21(32-31-20)28(35)30-25-18-6-4-5-7-23(18)36-27(25)26(34)17-9-8-15(2)19(29)12-17/h4-13,33H,1-3H3,(H,30,35)(H,31,32). The molecular formula is C28H22FN3O4. The van der Waals surface area contributed by atoms with Crippen LogP contribution in [0.3, 0.4) is 0 Å². The molecule has 1 amide bonds. The van der Waals surface area contributed by atoms with Crippen molar-refractivity contribution in [3.05, 3.63) is 100 Å². The molecule has 0 unspecified atom stereocenters. The highest BCUT2D eigenvalue weighted by atomic mass is 19.1. The number of para-hydroxylation sites is 1. The Morgan fingerprint density at radius 2 is 1.78 bits per heavy atom. The molecule has 0 aliphatic rings. The molecule has 2 heterocycles. The molecule has 0 saturated heterocycles. The Bertz CT molecular complexity index is 1640. The predicted octanol–water partition coefficient (Wildman–Crippen LogP) is 6.08. The molecule has 3 aromatic carbocycles. The Hall–Kier alpha value is -4.72. The molecule has 0 bridgehead atoms. The van der Waals surface area contributed by atoms with Crippen molar-refractivity contribution in [2.24, 2.45) is 0 Å². The van der Waals surface area contributed by atoms with Crippen LogP contribution in [0, 0.1) is 26.6 Å². The number of rotatable bonds is 5. The zero-order valence-corrected chi connectivity index (χ0v) is 19.8. The number of nitrogens with zero attached hydrogens (tertiary/aromatic N) is 1. The Balaban J connectivity index is 1.51. The largest absolute Gasteiger partial charge is 0.507 e. The number of nitrogens with one attached hydrogen (secondary N) is 2. The van der Waals surface area contributed by atoms with Gasteiger partial charge in [-0.1, -0.05) is 30.3 Å². The molecule has 5 rings (SSSR count). The third-order valence-electron chi connectivity index (χ3n) is 6.01. The monoisotopic (exact) mass is 483 g/mol. The van der Waals surface area contributed by atoms with E-state index in [-0.39, 0.29) is 28.5 Å². The van der Waals surface area contributed by atoms with Gasteiger partial charge in [-0.2, -0.15) is 5.10 Å². The van der Waals surface area contributed by atoms with E-state index >= 15 is 0 Å². The second kappa shape index (κ2) is 8.81. The minimum absolute atomic E-state index is 0.0602. The van der Waals surface area contributed by atoms with Crippen LogP contribution in [-0.2, 0) is 0 Å². The van der Waals surface area contributed by atoms with Crippen molar-refractivity contribution in [1.29, 1.82) is 0 Å². The van der Waals surface area contributed by atoms with Gasteiger partial charge in [0.05, 0.1) is 11.4 Å². The lowest BCUT2D eigenvalue weighted by Crippen LogP contribution is -2.15. The van der Waals surface area contributed by atoms with Crippen molar-refractivity contribution < 1.29 is 23.5 Å². The van der Waals surface area contributed by atoms with E-state index in [2.05, 4.69) is 15.5 Å². The van der Waals surface area contributed by atoms with Gasteiger partial charge in [0.2, 0.25) is 5.78 Å². The molecule has 0 spiro atoms. The number of phenolic OH excluding ortho intramolecular Hbond substituents is 1. The summed E-state index contributed by atoms with van der Waals surface area (Å²) in [6.45, 7) is 5.33. The van der Waals surface area contributed by atoms with Crippen molar-refractivity contribution in [1.82, 2.24) is 10.2 Å². The first kappa shape index (κ1) is 23.0. The highest BCUT2D eigenvalue weighted by Crippen LogP contribution is 2.35. The number of hydrogen-bond donors (Lipinski definition) is 3. The number of H-pyrrole nitrogens is 1. The molecule has 8 heteroatoms. The quantitative estimate of drug-likeness (QED) is 0.263. The third kappa shape index (κ3) is 4.02. The SMILES string of the molecule is Cc1cc(C)c(-c2cc(C(=O)Nc3c(C(=O)c4ccc(C)c(F)c4)oc4ccccc34)[nH]n2)c(O)c1. The number of furan rings is 1. The number of amides is 1. The summed E-state index contributed by atoms with van der Waals surface area (Å²) in [6.07, 6.45) is 0. The Morgan fingerprint density at radius 3 is 2.53 bits per heavy atom. The number of phenols is 1. The van der Waals surface area contributed by atoms with E-state index < -0.39 is 17.5 Å². The minimum Gasteiger partial charge on any atom is -0.507 e. The van der Waals surface area contributed by atoms with Crippen LogP contribution >= 0.6 is 0 Å². The number of aromatic nitrogens is 2. The molecule has 180 valence electrons. The molecule has 0 saturated carbocycles. The lowest BCUT2D eigenvalue weighted by molar-refractivity contribution is 0.101. The second-order valence-electron chi connectivity index (χ2n) is 8.69. The molecular weight excluding hydrogens is 461 g/mol. The van der Waals surface area contributed by atoms with Gasteiger partial charge in [0.15, 0.2) is 5.76 Å². The van der Waals surface area contributed by atoms with Gasteiger partial charge in [0.1, 0.15) is 22.8 Å². The summed E-state index contributed by atoms with van der Waals surface area (Å²) in [7, 11) is 0. The van der Waals surface area contributed by atoms with Gasteiger partial charge in [-0.15, -0.1) is 0 Å². The number of benzene rings is 3. The zero-order chi connectivity index (χ0) is 25.6. The van der Waals surface area contributed by atoms with Crippen LogP contribution in [0.1, 0.15) is 43.3 Å². The maximum Gasteiger partial charge on any atom is 0.273 e. The number of anilines is 1. The van der Waals surface area contributed by atoms with Gasteiger partial charge in [0, 0.05) is 16.5 Å². The van der Waals surface area contributed by atoms with Crippen LogP contribution < -0.4 is 5.32 Å². The van der Waals surface area contributed by atoms with Crippen LogP contribution in [0.2, 0.25) is 0 Å². The lowest BCUT2D eigenvalue weighted by Gasteiger charge is -2.07. The van der Waals surface area contributed by atoms with E-state index in [1.54, 1.807) is 37.3 Å². The van der Waals surface area contributed by atoms with Gasteiger partial charge in [-0.3, -0.25) is 14.7 Å². The molecule has 0 atom stereocenters. The van der Waals surface area contributed by atoms with Crippen LogP contribution in [-0.4, -0.2) is 27.0 Å². The van der Waals surface area contributed by atoms with E-state index in [4.69, 9.17) is 4.42 Å². The van der Waals surface area contributed by atoms with E-state index in [9.17, 15) is 19.1 Å². The predicted molar refractivity (Wildman–Crippen MR) is 134 cm³/mol. The Morgan fingerprint density at radius 1 is 1.00 bits per heavy atom. The first-order valence-electron chi connectivity index (χ1n) is 11.2. The molecule has 2 aromatic heterocycles. The molecule has 0 radical (unpaired) electrons. The van der Waals surface area contributed by atoms with Crippen molar-refractivity contribution in [3.63, 3.8) is 0 Å². The maximum atomic E-state index is 14.1. The first-order chi connectivity index (χ1) is 17.2. The van der Waals surface area contributed by atoms with Crippen LogP contribution in [0.15, 0.2) is 65.1 Å². The summed E-state index contributed by atoms with van der Waals surface area (Å²) < 4.78 is 19.9. The van der Waals surface area contributed by atoms with Gasteiger partial charge in [-0.05, 0) is 67.8 Å². The normalized spacial score (nSPS) is 11.1. The zero-order valence-electron chi connectivity index (χ0n) is 19.8. The van der Waals surface area contributed by atoms with E-state index in [0.717, 1.165) is 17.2 Å². The summed E-state index contributed by atoms with van der Waals surface area (Å²) >= 11 is 0. The summed E-state index contributed by atoms with van der Waals surface area (Å²) in [5.74, 6) is -1.69. The fraction of sp³-hybridized carbons (Fsp3) is 0.107. The van der Waals surface area contributed by atoms with Gasteiger partial charge >= 0.3 is 0 Å². The van der Waals surface area contributed by atoms with E-state index in [1.807, 2.05) is 19.9 Å². The van der Waals surface area contributed by atoms with Crippen molar-refractivity contribution in [3.8, 4) is 17.0 Å². The van der Waals surface area contributed by atoms with Gasteiger partial charge < -0.3 is 14.8 Å². The van der Waals surface area contributed by atoms with Crippen LogP contribution in [0.25, 0.3) is 22.2 Å². The summed E-state index contributed by atoms with van der Waals surface area (Å²) in [5.41, 5.74) is 3.83. The highest BCUT2D eigenvalue weighted by molar-refractivity contribution is 6.18. The molecule has 7 nitrogen and oxygen atoms in total. The Labute approximate surface area is 205 Å². The fourth-order valence-electron chi connectivity index (χ4n) is 4.22. The van der Waals surface area contributed by atoms with Gasteiger partial charge in [-0.25, -0.2) is 4.39 Å². The number of halogens is 1. The fourth-order valence-corrected chi connectivity index (χ4v) is 4.22. The first-order valence-corrected chi connectivity index (χ1v) is 11.2. The molecule has 3 N–H and O–H groups in total. The highest BCUT2D eigenvalue weighted by Gasteiger charge is 2.25. The number of fused-ring (bicyclic) bond motifs is 1. The topological polar surface area (TPSA) is 108 Å². The Kier molecular flexibility index (Phi) is 5.64. The average Bonchev–Trinajstić information content (AvgIpc) is 3.45. The number of carbonyl (C=O) groups excluding carboxylic acids is 2. The van der Waals surface area contributed by atoms with Crippen molar-refractivity contribution >= 4 is 28.3 Å². The van der Waals surface area contributed by atoms with E-state index in [1.165, 1.54) is 18.2 Å². The molecule has 0 aliphatic carbocycles.